The highest BCUT2D eigenvalue weighted by Gasteiger charge is 2.14. The molecule has 0 spiro atoms. The molecule has 0 aliphatic rings. The van der Waals surface area contributed by atoms with Gasteiger partial charge in [0.1, 0.15) is 10.8 Å². The second-order valence-electron chi connectivity index (χ2n) is 5.81. The Morgan fingerprint density at radius 3 is 2.66 bits per heavy atom. The number of hydrogen-bond acceptors (Lipinski definition) is 6. The van der Waals surface area contributed by atoms with Crippen molar-refractivity contribution < 1.29 is 9.18 Å². The molecule has 146 valence electrons. The first kappa shape index (κ1) is 19.7. The van der Waals surface area contributed by atoms with Crippen LogP contribution in [0.15, 0.2) is 70.6 Å². The van der Waals surface area contributed by atoms with Crippen molar-refractivity contribution in [3.8, 4) is 5.69 Å². The lowest BCUT2D eigenvalue weighted by Gasteiger charge is -2.06. The largest absolute Gasteiger partial charge is 0.320 e. The molecule has 6 nitrogen and oxygen atoms in total. The van der Waals surface area contributed by atoms with Crippen LogP contribution >= 0.6 is 39.0 Å². The number of amides is 1. The van der Waals surface area contributed by atoms with Crippen molar-refractivity contribution >= 4 is 50.6 Å². The maximum absolute atomic E-state index is 13.0. The fourth-order valence-electron chi connectivity index (χ4n) is 2.44. The van der Waals surface area contributed by atoms with Gasteiger partial charge in [-0.25, -0.2) is 9.37 Å². The molecular weight excluding hydrogens is 477 g/mol. The van der Waals surface area contributed by atoms with E-state index >= 15 is 0 Å². The molecule has 1 N–H and O–H groups in total. The first-order valence-electron chi connectivity index (χ1n) is 8.40. The third kappa shape index (κ3) is 4.89. The number of carbonyl (C=O) groups excluding carboxylic acids is 1. The van der Waals surface area contributed by atoms with Crippen LogP contribution in [0.5, 0.6) is 0 Å². The SMILES string of the molecule is O=C(Nc1ccc(F)cc1)c1nnc(CSc2nccn2-c2ccc(Br)cc2)s1. The summed E-state index contributed by atoms with van der Waals surface area (Å²) in [6, 6.07) is 13.5. The van der Waals surface area contributed by atoms with Gasteiger partial charge in [0.15, 0.2) is 5.16 Å². The number of aromatic nitrogens is 4. The number of halogens is 2. The number of thioether (sulfide) groups is 1. The molecule has 29 heavy (non-hydrogen) atoms. The summed E-state index contributed by atoms with van der Waals surface area (Å²) in [7, 11) is 0. The summed E-state index contributed by atoms with van der Waals surface area (Å²) in [6.07, 6.45) is 3.64. The Labute approximate surface area is 182 Å². The van der Waals surface area contributed by atoms with Crippen molar-refractivity contribution in [1.82, 2.24) is 19.7 Å². The van der Waals surface area contributed by atoms with Gasteiger partial charge in [-0.05, 0) is 48.5 Å². The molecule has 4 rings (SSSR count). The monoisotopic (exact) mass is 489 g/mol. The van der Waals surface area contributed by atoms with Crippen molar-refractivity contribution in [3.05, 3.63) is 81.2 Å². The second kappa shape index (κ2) is 8.85. The molecule has 0 unspecified atom stereocenters. The van der Waals surface area contributed by atoms with E-state index in [9.17, 15) is 9.18 Å². The van der Waals surface area contributed by atoms with Crippen molar-refractivity contribution in [2.24, 2.45) is 0 Å². The van der Waals surface area contributed by atoms with E-state index in [1.54, 1.807) is 6.20 Å². The topological polar surface area (TPSA) is 72.7 Å². The molecule has 0 fully saturated rings. The standard InChI is InChI=1S/C19H13BrFN5OS2/c20-12-1-7-15(8-2-12)26-10-9-22-19(26)28-11-16-24-25-18(29-16)17(27)23-14-5-3-13(21)4-6-14/h1-10H,11H2,(H,23,27). The van der Waals surface area contributed by atoms with E-state index < -0.39 is 0 Å². The van der Waals surface area contributed by atoms with Crippen molar-refractivity contribution in [2.75, 3.05) is 5.32 Å². The zero-order chi connectivity index (χ0) is 20.2. The number of imidazole rings is 1. The summed E-state index contributed by atoms with van der Waals surface area (Å²) in [5.74, 6) is -0.198. The van der Waals surface area contributed by atoms with Crippen LogP contribution in [0.4, 0.5) is 10.1 Å². The minimum absolute atomic E-state index is 0.251. The molecule has 0 aliphatic heterocycles. The average Bonchev–Trinajstić information content (AvgIpc) is 3.38. The van der Waals surface area contributed by atoms with Crippen LogP contribution in [0.1, 0.15) is 14.8 Å². The quantitative estimate of drug-likeness (QED) is 0.378. The van der Waals surface area contributed by atoms with Gasteiger partial charge in [-0.1, -0.05) is 39.0 Å². The smallest absolute Gasteiger partial charge is 0.286 e. The highest BCUT2D eigenvalue weighted by atomic mass is 79.9. The van der Waals surface area contributed by atoms with Crippen molar-refractivity contribution in [2.45, 2.75) is 10.9 Å². The Morgan fingerprint density at radius 2 is 1.90 bits per heavy atom. The lowest BCUT2D eigenvalue weighted by molar-refractivity contribution is 0.102. The van der Waals surface area contributed by atoms with Gasteiger partial charge in [0.25, 0.3) is 5.91 Å². The van der Waals surface area contributed by atoms with Crippen LogP contribution in [0.3, 0.4) is 0 Å². The Bertz CT molecular complexity index is 1130. The van der Waals surface area contributed by atoms with E-state index in [1.807, 2.05) is 35.0 Å². The van der Waals surface area contributed by atoms with Crippen LogP contribution in [0, 0.1) is 5.82 Å². The average molecular weight is 490 g/mol. The number of rotatable bonds is 6. The number of hydrogen-bond donors (Lipinski definition) is 1. The fourth-order valence-corrected chi connectivity index (χ4v) is 4.40. The lowest BCUT2D eigenvalue weighted by atomic mass is 10.3. The summed E-state index contributed by atoms with van der Waals surface area (Å²) in [4.78, 5) is 16.7. The van der Waals surface area contributed by atoms with E-state index in [2.05, 4.69) is 36.4 Å². The van der Waals surface area contributed by atoms with Crippen LogP contribution in [-0.4, -0.2) is 25.7 Å². The highest BCUT2D eigenvalue weighted by molar-refractivity contribution is 9.10. The van der Waals surface area contributed by atoms with Crippen molar-refractivity contribution in [1.29, 1.82) is 0 Å². The van der Waals surface area contributed by atoms with E-state index in [0.29, 0.717) is 16.4 Å². The fraction of sp³-hybridized carbons (Fsp3) is 0.0526. The van der Waals surface area contributed by atoms with Gasteiger partial charge in [0, 0.05) is 28.2 Å². The summed E-state index contributed by atoms with van der Waals surface area (Å²) < 4.78 is 16.0. The molecule has 0 saturated carbocycles. The van der Waals surface area contributed by atoms with E-state index in [4.69, 9.17) is 0 Å². The third-order valence-corrected chi connectivity index (χ3v) is 6.41. The van der Waals surface area contributed by atoms with Gasteiger partial charge in [0.05, 0.1) is 5.75 Å². The zero-order valence-corrected chi connectivity index (χ0v) is 18.0. The molecule has 1 amide bonds. The minimum Gasteiger partial charge on any atom is -0.320 e. The molecule has 4 aromatic rings. The molecule has 0 radical (unpaired) electrons. The summed E-state index contributed by atoms with van der Waals surface area (Å²) >= 11 is 6.16. The Morgan fingerprint density at radius 1 is 1.14 bits per heavy atom. The molecule has 2 heterocycles. The predicted molar refractivity (Wildman–Crippen MR) is 115 cm³/mol. The lowest BCUT2D eigenvalue weighted by Crippen LogP contribution is -2.11. The van der Waals surface area contributed by atoms with Gasteiger partial charge in [-0.3, -0.25) is 9.36 Å². The van der Waals surface area contributed by atoms with Gasteiger partial charge in [0.2, 0.25) is 5.01 Å². The van der Waals surface area contributed by atoms with Gasteiger partial charge >= 0.3 is 0 Å². The molecular formula is C19H13BrFN5OS2. The minimum atomic E-state index is -0.373. The number of nitrogens with zero attached hydrogens (tertiary/aromatic N) is 4. The predicted octanol–water partition coefficient (Wildman–Crippen LogP) is 5.17. The van der Waals surface area contributed by atoms with E-state index in [0.717, 1.165) is 15.3 Å². The van der Waals surface area contributed by atoms with Gasteiger partial charge in [-0.15, -0.1) is 10.2 Å². The number of benzene rings is 2. The molecule has 10 heteroatoms. The summed E-state index contributed by atoms with van der Waals surface area (Å²) in [6.45, 7) is 0. The highest BCUT2D eigenvalue weighted by Crippen LogP contribution is 2.26. The molecule has 2 aromatic carbocycles. The molecule has 2 aromatic heterocycles. The Hall–Kier alpha value is -2.56. The Balaban J connectivity index is 1.40. The molecule has 0 saturated heterocycles. The normalized spacial score (nSPS) is 10.8. The first-order valence-corrected chi connectivity index (χ1v) is 11.0. The van der Waals surface area contributed by atoms with Crippen molar-refractivity contribution in [3.63, 3.8) is 0 Å². The van der Waals surface area contributed by atoms with Gasteiger partial charge < -0.3 is 5.32 Å². The van der Waals surface area contributed by atoms with E-state index in [1.165, 1.54) is 47.4 Å². The molecule has 0 aliphatic carbocycles. The zero-order valence-electron chi connectivity index (χ0n) is 14.8. The number of anilines is 1. The van der Waals surface area contributed by atoms with Crippen LogP contribution < -0.4 is 5.32 Å². The van der Waals surface area contributed by atoms with Crippen LogP contribution in [0.25, 0.3) is 5.69 Å². The number of nitrogens with one attached hydrogen (secondary N) is 1. The van der Waals surface area contributed by atoms with Crippen LogP contribution in [-0.2, 0) is 5.75 Å². The van der Waals surface area contributed by atoms with Crippen LogP contribution in [0.2, 0.25) is 0 Å². The molecule has 0 bridgehead atoms. The maximum atomic E-state index is 13.0. The Kier molecular flexibility index (Phi) is 6.02. The van der Waals surface area contributed by atoms with Gasteiger partial charge in [-0.2, -0.15) is 0 Å². The summed E-state index contributed by atoms with van der Waals surface area (Å²) in [5, 5.41) is 12.5. The van der Waals surface area contributed by atoms with E-state index in [-0.39, 0.29) is 16.7 Å². The maximum Gasteiger partial charge on any atom is 0.286 e. The second-order valence-corrected chi connectivity index (χ2v) is 8.73. The number of carbonyl (C=O) groups is 1. The third-order valence-electron chi connectivity index (χ3n) is 3.80. The molecule has 0 atom stereocenters. The summed E-state index contributed by atoms with van der Waals surface area (Å²) in [5.41, 5.74) is 1.50. The first-order chi connectivity index (χ1) is 14.1.